The number of carbonyl (C=O) groups is 1. The van der Waals surface area contributed by atoms with Crippen molar-refractivity contribution in [2.45, 2.75) is 33.2 Å². The average molecular weight is 313 g/mol. The number of piperidine rings is 1. The molecule has 2 aromatic rings. The highest BCUT2D eigenvalue weighted by Gasteiger charge is 2.36. The van der Waals surface area contributed by atoms with Gasteiger partial charge in [0.05, 0.1) is 0 Å². The lowest BCUT2D eigenvalue weighted by Gasteiger charge is -2.42. The minimum Gasteiger partial charge on any atom is -0.441 e. The van der Waals surface area contributed by atoms with E-state index in [1.165, 1.54) is 0 Å². The minimum atomic E-state index is -0.0895. The Labute approximate surface area is 136 Å². The molecule has 5 heteroatoms. The summed E-state index contributed by atoms with van der Waals surface area (Å²) in [6.45, 7) is 7.29. The molecule has 3 rings (SSSR count). The van der Waals surface area contributed by atoms with E-state index in [1.807, 2.05) is 35.2 Å². The Balaban J connectivity index is 1.85. The molecule has 1 saturated heterocycles. The fraction of sp³-hybridized carbons (Fsp3) is 0.444. The Bertz CT molecular complexity index is 706. The number of hydrogen-bond acceptors (Lipinski definition) is 4. The van der Waals surface area contributed by atoms with Crippen LogP contribution in [0.4, 0.5) is 0 Å². The van der Waals surface area contributed by atoms with E-state index in [9.17, 15) is 4.79 Å². The number of rotatable bonds is 2. The van der Waals surface area contributed by atoms with E-state index in [-0.39, 0.29) is 17.4 Å². The first-order chi connectivity index (χ1) is 10.9. The van der Waals surface area contributed by atoms with Gasteiger partial charge in [-0.05, 0) is 30.9 Å². The fourth-order valence-corrected chi connectivity index (χ4v) is 3.00. The topological polar surface area (TPSA) is 72.4 Å². The van der Waals surface area contributed by atoms with Crippen LogP contribution in [0.3, 0.4) is 0 Å². The van der Waals surface area contributed by atoms with Crippen LogP contribution >= 0.6 is 0 Å². The molecule has 0 bridgehead atoms. The number of aromatic nitrogens is 1. The Hall–Kier alpha value is -2.14. The zero-order chi connectivity index (χ0) is 16.6. The predicted molar refractivity (Wildman–Crippen MR) is 89.0 cm³/mol. The van der Waals surface area contributed by atoms with Gasteiger partial charge in [0.1, 0.15) is 5.76 Å². The SMILES string of the molecule is Cc1oc(-c2ccccc2)nc1C(=O)N1CCC(N)C(C)(C)C1. The Kier molecular flexibility index (Phi) is 3.98. The molecule has 1 unspecified atom stereocenters. The van der Waals surface area contributed by atoms with Crippen molar-refractivity contribution in [2.24, 2.45) is 11.1 Å². The van der Waals surface area contributed by atoms with Crippen LogP contribution in [0.5, 0.6) is 0 Å². The molecular weight excluding hydrogens is 290 g/mol. The molecule has 1 amide bonds. The Morgan fingerprint density at radius 1 is 1.35 bits per heavy atom. The highest BCUT2D eigenvalue weighted by molar-refractivity contribution is 5.93. The van der Waals surface area contributed by atoms with Crippen molar-refractivity contribution in [1.82, 2.24) is 9.88 Å². The van der Waals surface area contributed by atoms with E-state index >= 15 is 0 Å². The van der Waals surface area contributed by atoms with Crippen LogP contribution in [0.15, 0.2) is 34.7 Å². The van der Waals surface area contributed by atoms with Gasteiger partial charge in [-0.3, -0.25) is 4.79 Å². The van der Waals surface area contributed by atoms with Gasteiger partial charge in [0.15, 0.2) is 5.69 Å². The van der Waals surface area contributed by atoms with E-state index in [4.69, 9.17) is 10.2 Å². The number of hydrogen-bond donors (Lipinski definition) is 1. The number of oxazole rings is 1. The molecule has 1 aromatic heterocycles. The highest BCUT2D eigenvalue weighted by atomic mass is 16.4. The van der Waals surface area contributed by atoms with Crippen molar-refractivity contribution in [2.75, 3.05) is 13.1 Å². The second kappa shape index (κ2) is 5.81. The molecule has 1 fully saturated rings. The minimum absolute atomic E-state index is 0.0755. The molecule has 1 aliphatic heterocycles. The third-order valence-corrected chi connectivity index (χ3v) is 4.62. The van der Waals surface area contributed by atoms with Gasteiger partial charge in [-0.15, -0.1) is 0 Å². The van der Waals surface area contributed by atoms with E-state index < -0.39 is 0 Å². The summed E-state index contributed by atoms with van der Waals surface area (Å²) in [5.74, 6) is 0.967. The number of amides is 1. The summed E-state index contributed by atoms with van der Waals surface area (Å²) in [7, 11) is 0. The van der Waals surface area contributed by atoms with Gasteiger partial charge in [-0.1, -0.05) is 32.0 Å². The number of nitrogens with two attached hydrogens (primary N) is 1. The summed E-state index contributed by atoms with van der Waals surface area (Å²) in [6, 6.07) is 9.73. The van der Waals surface area contributed by atoms with Gasteiger partial charge in [0.2, 0.25) is 5.89 Å². The second-order valence-corrected chi connectivity index (χ2v) is 6.90. The molecule has 122 valence electrons. The summed E-state index contributed by atoms with van der Waals surface area (Å²) < 4.78 is 5.70. The molecule has 1 atom stereocenters. The van der Waals surface area contributed by atoms with Crippen molar-refractivity contribution in [3.8, 4) is 11.5 Å². The molecular formula is C18H23N3O2. The third-order valence-electron chi connectivity index (χ3n) is 4.62. The maximum absolute atomic E-state index is 12.8. The largest absolute Gasteiger partial charge is 0.441 e. The predicted octanol–water partition coefficient (Wildman–Crippen LogP) is 2.85. The molecule has 0 radical (unpaired) electrons. The number of nitrogens with zero attached hydrogens (tertiary/aromatic N) is 2. The smallest absolute Gasteiger partial charge is 0.276 e. The quantitative estimate of drug-likeness (QED) is 0.925. The molecule has 1 aliphatic rings. The number of aryl methyl sites for hydroxylation is 1. The molecule has 0 spiro atoms. The van der Waals surface area contributed by atoms with Gasteiger partial charge >= 0.3 is 0 Å². The van der Waals surface area contributed by atoms with E-state index in [2.05, 4.69) is 18.8 Å². The van der Waals surface area contributed by atoms with Crippen LogP contribution in [0.25, 0.3) is 11.5 Å². The summed E-state index contributed by atoms with van der Waals surface area (Å²) in [5, 5.41) is 0. The van der Waals surface area contributed by atoms with Crippen LogP contribution in [0.1, 0.15) is 36.5 Å². The van der Waals surface area contributed by atoms with Gasteiger partial charge in [0, 0.05) is 24.7 Å². The van der Waals surface area contributed by atoms with Gasteiger partial charge < -0.3 is 15.1 Å². The fourth-order valence-electron chi connectivity index (χ4n) is 3.00. The first-order valence-corrected chi connectivity index (χ1v) is 7.96. The van der Waals surface area contributed by atoms with Crippen molar-refractivity contribution in [3.05, 3.63) is 41.8 Å². The molecule has 23 heavy (non-hydrogen) atoms. The van der Waals surface area contributed by atoms with Gasteiger partial charge in [-0.2, -0.15) is 0 Å². The van der Waals surface area contributed by atoms with E-state index in [0.717, 1.165) is 12.0 Å². The second-order valence-electron chi connectivity index (χ2n) is 6.90. The molecule has 0 aliphatic carbocycles. The van der Waals surface area contributed by atoms with Crippen molar-refractivity contribution < 1.29 is 9.21 Å². The first kappa shape index (κ1) is 15.7. The third kappa shape index (κ3) is 3.01. The first-order valence-electron chi connectivity index (χ1n) is 7.96. The van der Waals surface area contributed by atoms with Crippen LogP contribution in [-0.2, 0) is 0 Å². The molecule has 5 nitrogen and oxygen atoms in total. The van der Waals surface area contributed by atoms with Crippen molar-refractivity contribution >= 4 is 5.91 Å². The summed E-state index contributed by atoms with van der Waals surface area (Å²) in [6.07, 6.45) is 0.807. The molecule has 0 saturated carbocycles. The maximum Gasteiger partial charge on any atom is 0.276 e. The lowest BCUT2D eigenvalue weighted by Crippen LogP contribution is -2.54. The summed E-state index contributed by atoms with van der Waals surface area (Å²) >= 11 is 0. The van der Waals surface area contributed by atoms with E-state index in [1.54, 1.807) is 6.92 Å². The van der Waals surface area contributed by atoms with Crippen LogP contribution < -0.4 is 5.73 Å². The monoisotopic (exact) mass is 313 g/mol. The molecule has 1 aromatic carbocycles. The summed E-state index contributed by atoms with van der Waals surface area (Å²) in [4.78, 5) is 19.1. The molecule has 2 heterocycles. The number of benzene rings is 1. The lowest BCUT2D eigenvalue weighted by molar-refractivity contribution is 0.0526. The number of likely N-dealkylation sites (tertiary alicyclic amines) is 1. The normalized spacial score (nSPS) is 20.5. The average Bonchev–Trinajstić information content (AvgIpc) is 2.92. The Morgan fingerprint density at radius 2 is 2.04 bits per heavy atom. The van der Waals surface area contributed by atoms with Crippen molar-refractivity contribution in [3.63, 3.8) is 0 Å². The lowest BCUT2D eigenvalue weighted by atomic mass is 9.79. The van der Waals surface area contributed by atoms with Gasteiger partial charge in [0.25, 0.3) is 5.91 Å². The van der Waals surface area contributed by atoms with Crippen LogP contribution in [0.2, 0.25) is 0 Å². The zero-order valence-corrected chi connectivity index (χ0v) is 13.9. The molecule has 2 N–H and O–H groups in total. The highest BCUT2D eigenvalue weighted by Crippen LogP contribution is 2.29. The maximum atomic E-state index is 12.8. The summed E-state index contributed by atoms with van der Waals surface area (Å²) in [5.41, 5.74) is 7.33. The van der Waals surface area contributed by atoms with Crippen LogP contribution in [0, 0.1) is 12.3 Å². The van der Waals surface area contributed by atoms with Crippen LogP contribution in [-0.4, -0.2) is 34.9 Å². The van der Waals surface area contributed by atoms with E-state index in [0.29, 0.717) is 30.4 Å². The van der Waals surface area contributed by atoms with Gasteiger partial charge in [-0.25, -0.2) is 4.98 Å². The number of carbonyl (C=O) groups excluding carboxylic acids is 1. The standard InChI is InChI=1S/C18H23N3O2/c1-12-15(20-16(23-12)13-7-5-4-6-8-13)17(22)21-10-9-14(19)18(2,3)11-21/h4-8,14H,9-11,19H2,1-3H3. The zero-order valence-electron chi connectivity index (χ0n) is 13.9. The van der Waals surface area contributed by atoms with Crippen molar-refractivity contribution in [1.29, 1.82) is 0 Å². The Morgan fingerprint density at radius 3 is 2.70 bits per heavy atom.